The maximum Gasteiger partial charge on any atom is 0.225 e. The molecule has 2 saturated carbocycles. The Bertz CT molecular complexity index is 839. The van der Waals surface area contributed by atoms with E-state index in [9.17, 15) is 4.79 Å². The molecule has 5 fully saturated rings. The molecule has 200 valence electrons. The van der Waals surface area contributed by atoms with Gasteiger partial charge in [-0.1, -0.05) is 20.3 Å². The molecule has 3 aliphatic heterocycles. The molecule has 6 nitrogen and oxygen atoms in total. The highest BCUT2D eigenvalue weighted by atomic mass is 16.1. The van der Waals surface area contributed by atoms with Crippen LogP contribution in [0.3, 0.4) is 0 Å². The third kappa shape index (κ3) is 5.36. The lowest BCUT2D eigenvalue weighted by atomic mass is 9.53. The largest absolute Gasteiger partial charge is 0.332 e. The van der Waals surface area contributed by atoms with E-state index in [1.165, 1.54) is 89.5 Å². The number of aromatic nitrogens is 2. The third-order valence-corrected chi connectivity index (χ3v) is 10.3. The number of piperazine rings is 1. The molecular formula is C30H49N5O. The average Bonchev–Trinajstić information content (AvgIpc) is 3.11. The van der Waals surface area contributed by atoms with E-state index in [0.29, 0.717) is 24.0 Å². The van der Waals surface area contributed by atoms with Gasteiger partial charge in [-0.15, -0.1) is 0 Å². The highest BCUT2D eigenvalue weighted by Crippen LogP contribution is 2.57. The summed E-state index contributed by atoms with van der Waals surface area (Å²) in [6.07, 6.45) is 18.9. The second-order valence-corrected chi connectivity index (χ2v) is 12.9. The summed E-state index contributed by atoms with van der Waals surface area (Å²) in [5.74, 6) is 1.89. The van der Waals surface area contributed by atoms with Crippen molar-refractivity contribution in [1.82, 2.24) is 19.8 Å². The van der Waals surface area contributed by atoms with Gasteiger partial charge in [0.2, 0.25) is 5.95 Å². The summed E-state index contributed by atoms with van der Waals surface area (Å²) in [5, 5.41) is 0. The van der Waals surface area contributed by atoms with Gasteiger partial charge in [-0.25, -0.2) is 9.97 Å². The molecule has 1 aromatic rings. The number of anilines is 1. The molecule has 6 heteroatoms. The summed E-state index contributed by atoms with van der Waals surface area (Å²) in [6, 6.07) is 2.73. The molecule has 1 spiro atoms. The topological polar surface area (TPSA) is 52.6 Å². The number of hydrogen-bond acceptors (Lipinski definition) is 6. The van der Waals surface area contributed by atoms with Gasteiger partial charge in [-0.2, -0.15) is 0 Å². The normalized spacial score (nSPS) is 29.4. The Morgan fingerprint density at radius 3 is 2.03 bits per heavy atom. The molecule has 0 radical (unpaired) electrons. The van der Waals surface area contributed by atoms with Crippen molar-refractivity contribution >= 4 is 12.2 Å². The van der Waals surface area contributed by atoms with Crippen LogP contribution >= 0.6 is 0 Å². The molecule has 36 heavy (non-hydrogen) atoms. The van der Waals surface area contributed by atoms with Crippen LogP contribution in [0.15, 0.2) is 12.4 Å². The monoisotopic (exact) mass is 495 g/mol. The smallest absolute Gasteiger partial charge is 0.225 e. The van der Waals surface area contributed by atoms with Crippen molar-refractivity contribution in [3.05, 3.63) is 18.0 Å². The van der Waals surface area contributed by atoms with E-state index in [2.05, 4.69) is 40.9 Å². The summed E-state index contributed by atoms with van der Waals surface area (Å²) in [5.41, 5.74) is 2.17. The quantitative estimate of drug-likeness (QED) is 0.501. The summed E-state index contributed by atoms with van der Waals surface area (Å²) in [6.45, 7) is 13.4. The Kier molecular flexibility index (Phi) is 8.02. The second kappa shape index (κ2) is 11.1. The van der Waals surface area contributed by atoms with E-state index in [4.69, 9.17) is 9.97 Å². The van der Waals surface area contributed by atoms with E-state index >= 15 is 0 Å². The predicted octanol–water partition coefficient (Wildman–Crippen LogP) is 5.28. The van der Waals surface area contributed by atoms with Crippen LogP contribution < -0.4 is 4.90 Å². The molecule has 2 aliphatic carbocycles. The second-order valence-electron chi connectivity index (χ2n) is 12.9. The summed E-state index contributed by atoms with van der Waals surface area (Å²) in [4.78, 5) is 27.5. The number of fused-ring (bicyclic) bond motifs is 2. The predicted molar refractivity (Wildman–Crippen MR) is 146 cm³/mol. The van der Waals surface area contributed by atoms with Gasteiger partial charge < -0.3 is 14.6 Å². The first-order chi connectivity index (χ1) is 17.4. The number of aldehydes is 1. The van der Waals surface area contributed by atoms with Gasteiger partial charge in [0.25, 0.3) is 0 Å². The minimum absolute atomic E-state index is 0.255. The van der Waals surface area contributed by atoms with Crippen LogP contribution in [-0.2, 0) is 4.79 Å². The zero-order chi connectivity index (χ0) is 25.3. The van der Waals surface area contributed by atoms with Crippen LogP contribution in [0.1, 0.15) is 103 Å². The molecule has 1 aromatic heterocycles. The number of piperidine rings is 1. The molecule has 0 amide bonds. The van der Waals surface area contributed by atoms with Gasteiger partial charge >= 0.3 is 0 Å². The van der Waals surface area contributed by atoms with E-state index in [1.807, 2.05) is 13.8 Å². The van der Waals surface area contributed by atoms with Crippen molar-refractivity contribution in [1.29, 1.82) is 0 Å². The first-order valence-corrected chi connectivity index (χ1v) is 14.9. The van der Waals surface area contributed by atoms with Crippen molar-refractivity contribution in [3.63, 3.8) is 0 Å². The van der Waals surface area contributed by atoms with Crippen molar-refractivity contribution in [2.75, 3.05) is 31.1 Å². The number of likely N-dealkylation sites (tertiary alicyclic amines) is 2. The van der Waals surface area contributed by atoms with Crippen LogP contribution in [-0.4, -0.2) is 76.4 Å². The zero-order valence-corrected chi connectivity index (χ0v) is 23.2. The molecule has 3 atom stereocenters. The third-order valence-electron chi connectivity index (χ3n) is 10.3. The number of carbonyl (C=O) groups excluding carboxylic acids is 1. The van der Waals surface area contributed by atoms with Crippen LogP contribution in [0.4, 0.5) is 5.95 Å². The Labute approximate surface area is 219 Å². The van der Waals surface area contributed by atoms with Crippen molar-refractivity contribution in [3.8, 4) is 0 Å². The molecule has 0 N–H and O–H groups in total. The lowest BCUT2D eigenvalue weighted by Gasteiger charge is -2.58. The highest BCUT2D eigenvalue weighted by Gasteiger charge is 2.50. The summed E-state index contributed by atoms with van der Waals surface area (Å²) >= 11 is 0. The van der Waals surface area contributed by atoms with Crippen LogP contribution in [0.2, 0.25) is 0 Å². The lowest BCUT2D eigenvalue weighted by molar-refractivity contribution is -0.110. The highest BCUT2D eigenvalue weighted by molar-refractivity contribution is 5.52. The maximum atomic E-state index is 9.74. The molecule has 4 heterocycles. The maximum absolute atomic E-state index is 9.74. The standard InChI is InChI=1S/C25H39N5.C5H10O/c1-18(2)29-16-21-4-5-22(17-29)30(21)24-26-14-20(15-27-24)19-6-10-28(11-7-19)23-12-25(13-23)8-3-9-25;1-3-5(2)4-6/h14-15,18-19,21-23H,3-13,16-17H2,1-2H3;4-5H,3H2,1-2H3. The van der Waals surface area contributed by atoms with Crippen LogP contribution in [0, 0.1) is 11.3 Å². The van der Waals surface area contributed by atoms with Gasteiger partial charge in [0, 0.05) is 55.6 Å². The Morgan fingerprint density at radius 1 is 0.972 bits per heavy atom. The fourth-order valence-electron chi connectivity index (χ4n) is 7.34. The van der Waals surface area contributed by atoms with Crippen LogP contribution in [0.5, 0.6) is 0 Å². The molecule has 2 bridgehead atoms. The van der Waals surface area contributed by atoms with E-state index in [-0.39, 0.29) is 5.92 Å². The van der Waals surface area contributed by atoms with E-state index < -0.39 is 0 Å². The molecule has 5 aliphatic rings. The molecular weight excluding hydrogens is 446 g/mol. The first-order valence-electron chi connectivity index (χ1n) is 14.9. The van der Waals surface area contributed by atoms with Gasteiger partial charge in [-0.3, -0.25) is 4.90 Å². The minimum Gasteiger partial charge on any atom is -0.332 e. The van der Waals surface area contributed by atoms with Crippen molar-refractivity contribution < 1.29 is 4.79 Å². The summed E-state index contributed by atoms with van der Waals surface area (Å²) < 4.78 is 0. The number of nitrogens with zero attached hydrogens (tertiary/aromatic N) is 5. The fourth-order valence-corrected chi connectivity index (χ4v) is 7.34. The van der Waals surface area contributed by atoms with Gasteiger partial charge in [-0.05, 0) is 102 Å². The molecule has 6 rings (SSSR count). The zero-order valence-electron chi connectivity index (χ0n) is 23.2. The minimum atomic E-state index is 0.255. The molecule has 0 aromatic carbocycles. The van der Waals surface area contributed by atoms with E-state index in [1.54, 1.807) is 0 Å². The average molecular weight is 496 g/mol. The number of rotatable bonds is 6. The van der Waals surface area contributed by atoms with E-state index in [0.717, 1.165) is 30.1 Å². The van der Waals surface area contributed by atoms with Crippen LogP contribution in [0.25, 0.3) is 0 Å². The molecule has 3 saturated heterocycles. The number of hydrogen-bond donors (Lipinski definition) is 0. The number of carbonyl (C=O) groups is 1. The van der Waals surface area contributed by atoms with Gasteiger partial charge in [0.1, 0.15) is 6.29 Å². The summed E-state index contributed by atoms with van der Waals surface area (Å²) in [7, 11) is 0. The first kappa shape index (κ1) is 26.1. The molecule has 3 unspecified atom stereocenters. The Hall–Kier alpha value is -1.53. The van der Waals surface area contributed by atoms with Crippen molar-refractivity contribution in [2.45, 2.75) is 122 Å². The van der Waals surface area contributed by atoms with Gasteiger partial charge in [0.15, 0.2) is 0 Å². The fraction of sp³-hybridized carbons (Fsp3) is 0.833. The van der Waals surface area contributed by atoms with Crippen molar-refractivity contribution in [2.24, 2.45) is 11.3 Å². The van der Waals surface area contributed by atoms with Gasteiger partial charge in [0.05, 0.1) is 0 Å². The SMILES string of the molecule is CC(C)N1CC2CCC(C1)N2c1ncc(C2CCN(C3CC4(CCC4)C3)CC2)cn1.CCC(C)C=O. The Morgan fingerprint density at radius 2 is 1.58 bits per heavy atom. The Balaban J connectivity index is 0.000000400. The lowest BCUT2D eigenvalue weighted by Crippen LogP contribution is -2.56.